The van der Waals surface area contributed by atoms with Crippen LogP contribution < -0.4 is 21.6 Å². The van der Waals surface area contributed by atoms with Crippen molar-refractivity contribution < 1.29 is 0 Å². The number of aryl methyl sites for hydroxylation is 1. The maximum Gasteiger partial charge on any atom is 0.254 e. The molecule has 0 saturated carbocycles. The highest BCUT2D eigenvalue weighted by atomic mass is 16.1. The predicted octanol–water partition coefficient (Wildman–Crippen LogP) is 0.824. The van der Waals surface area contributed by atoms with Crippen molar-refractivity contribution >= 4 is 22.7 Å². The molecule has 1 aromatic carbocycles. The maximum absolute atomic E-state index is 12.4. The molecular formula is C19H22N6O2. The molecule has 4 N–H and O–H groups in total. The van der Waals surface area contributed by atoms with Gasteiger partial charge in [0.25, 0.3) is 5.56 Å². The fourth-order valence-electron chi connectivity index (χ4n) is 3.50. The first-order valence-electron chi connectivity index (χ1n) is 8.95. The normalized spacial score (nSPS) is 15.4. The minimum Gasteiger partial charge on any atom is -0.369 e. The number of aromatic nitrogens is 3. The Hall–Kier alpha value is -3.13. The van der Waals surface area contributed by atoms with Gasteiger partial charge in [-0.1, -0.05) is 11.6 Å². The van der Waals surface area contributed by atoms with Gasteiger partial charge in [0.1, 0.15) is 5.82 Å². The molecule has 140 valence electrons. The lowest BCUT2D eigenvalue weighted by Crippen LogP contribution is -2.46. The van der Waals surface area contributed by atoms with Crippen molar-refractivity contribution in [2.45, 2.75) is 13.5 Å². The van der Waals surface area contributed by atoms with E-state index >= 15 is 0 Å². The lowest BCUT2D eigenvalue weighted by atomic mass is 10.1. The van der Waals surface area contributed by atoms with Crippen molar-refractivity contribution in [1.82, 2.24) is 19.9 Å². The van der Waals surface area contributed by atoms with Gasteiger partial charge in [-0.15, -0.1) is 0 Å². The summed E-state index contributed by atoms with van der Waals surface area (Å²) in [4.78, 5) is 38.3. The molecule has 3 heterocycles. The molecule has 27 heavy (non-hydrogen) atoms. The Balaban J connectivity index is 1.46. The summed E-state index contributed by atoms with van der Waals surface area (Å²) < 4.78 is 0. The molecule has 0 spiro atoms. The zero-order chi connectivity index (χ0) is 19.0. The fourth-order valence-corrected chi connectivity index (χ4v) is 3.50. The second-order valence-corrected chi connectivity index (χ2v) is 6.96. The number of nitrogens with zero attached hydrogens (tertiary/aromatic N) is 3. The number of rotatable bonds is 3. The zero-order valence-electron chi connectivity index (χ0n) is 15.2. The van der Waals surface area contributed by atoms with Crippen LogP contribution in [0, 0.1) is 6.92 Å². The molecule has 1 aliphatic rings. The van der Waals surface area contributed by atoms with Crippen LogP contribution in [0.3, 0.4) is 0 Å². The summed E-state index contributed by atoms with van der Waals surface area (Å²) in [6.07, 6.45) is 0. The first kappa shape index (κ1) is 17.3. The smallest absolute Gasteiger partial charge is 0.254 e. The molecule has 0 amide bonds. The van der Waals surface area contributed by atoms with Crippen molar-refractivity contribution in [1.29, 1.82) is 0 Å². The number of benzene rings is 1. The highest BCUT2D eigenvalue weighted by Crippen LogP contribution is 2.15. The van der Waals surface area contributed by atoms with Crippen LogP contribution in [0.2, 0.25) is 0 Å². The molecule has 4 rings (SSSR count). The van der Waals surface area contributed by atoms with Crippen LogP contribution in [0.4, 0.5) is 11.8 Å². The maximum atomic E-state index is 12.4. The second-order valence-electron chi connectivity index (χ2n) is 6.96. The average Bonchev–Trinajstić information content (AvgIpc) is 2.62. The summed E-state index contributed by atoms with van der Waals surface area (Å²) in [5.74, 6) is 0.731. The van der Waals surface area contributed by atoms with Crippen LogP contribution in [0.1, 0.15) is 11.3 Å². The zero-order valence-corrected chi connectivity index (χ0v) is 15.2. The summed E-state index contributed by atoms with van der Waals surface area (Å²) >= 11 is 0. The fraction of sp³-hybridized carbons (Fsp3) is 0.316. The number of nitrogens with one attached hydrogen (secondary N) is 2. The Kier molecular flexibility index (Phi) is 4.41. The van der Waals surface area contributed by atoms with Gasteiger partial charge in [-0.25, -0.2) is 0 Å². The third kappa shape index (κ3) is 3.70. The number of anilines is 2. The van der Waals surface area contributed by atoms with Gasteiger partial charge in [0.15, 0.2) is 5.43 Å². The molecule has 0 aliphatic carbocycles. The first-order valence-corrected chi connectivity index (χ1v) is 8.95. The second kappa shape index (κ2) is 6.88. The highest BCUT2D eigenvalue weighted by Gasteiger charge is 2.19. The summed E-state index contributed by atoms with van der Waals surface area (Å²) in [6.45, 7) is 5.76. The third-order valence-corrected chi connectivity index (χ3v) is 4.88. The molecule has 8 nitrogen and oxygen atoms in total. The largest absolute Gasteiger partial charge is 0.369 e. The van der Waals surface area contributed by atoms with E-state index in [0.717, 1.165) is 48.3 Å². The number of H-pyrrole nitrogens is 2. The van der Waals surface area contributed by atoms with Gasteiger partial charge in [-0.3, -0.25) is 19.5 Å². The summed E-state index contributed by atoms with van der Waals surface area (Å²) in [7, 11) is 0. The number of piperazine rings is 1. The first-order chi connectivity index (χ1) is 13.0. The Morgan fingerprint density at radius 3 is 2.59 bits per heavy atom. The Bertz CT molecular complexity index is 1100. The van der Waals surface area contributed by atoms with E-state index in [1.54, 1.807) is 6.07 Å². The van der Waals surface area contributed by atoms with Crippen LogP contribution in [-0.2, 0) is 6.54 Å². The molecule has 0 unspecified atom stereocenters. The van der Waals surface area contributed by atoms with Crippen molar-refractivity contribution in [2.75, 3.05) is 36.8 Å². The molecule has 1 fully saturated rings. The Morgan fingerprint density at radius 2 is 1.85 bits per heavy atom. The molecule has 3 aromatic rings. The van der Waals surface area contributed by atoms with E-state index in [1.807, 2.05) is 30.0 Å². The molecule has 0 atom stereocenters. The van der Waals surface area contributed by atoms with Gasteiger partial charge >= 0.3 is 0 Å². The van der Waals surface area contributed by atoms with Crippen LogP contribution in [0.25, 0.3) is 10.9 Å². The van der Waals surface area contributed by atoms with E-state index in [9.17, 15) is 9.59 Å². The average molecular weight is 366 g/mol. The Labute approximate surface area is 155 Å². The van der Waals surface area contributed by atoms with E-state index in [0.29, 0.717) is 12.4 Å². The van der Waals surface area contributed by atoms with Gasteiger partial charge in [-0.2, -0.15) is 4.98 Å². The van der Waals surface area contributed by atoms with Gasteiger partial charge in [0.2, 0.25) is 5.95 Å². The topological polar surface area (TPSA) is 111 Å². The Morgan fingerprint density at radius 1 is 1.07 bits per heavy atom. The standard InChI is InChI=1S/C19H22N6O2/c1-12-2-3-15-14(8-12)16(26)9-13(21-15)11-24-4-6-25(7-5-24)17-10-18(27)23-19(20)22-17/h2-3,8-10H,4-7,11H2,1H3,(H,21,26)(H3,20,22,23,27). The summed E-state index contributed by atoms with van der Waals surface area (Å²) in [5, 5.41) is 0.724. The number of nitrogens with two attached hydrogens (primary N) is 1. The van der Waals surface area contributed by atoms with Gasteiger partial charge in [0, 0.05) is 61.5 Å². The number of hydrogen-bond acceptors (Lipinski definition) is 6. The lowest BCUT2D eigenvalue weighted by molar-refractivity contribution is 0.247. The summed E-state index contributed by atoms with van der Waals surface area (Å²) in [6, 6.07) is 9.02. The van der Waals surface area contributed by atoms with E-state index in [2.05, 4.69) is 19.9 Å². The van der Waals surface area contributed by atoms with E-state index in [-0.39, 0.29) is 16.9 Å². The predicted molar refractivity (Wildman–Crippen MR) is 106 cm³/mol. The minimum absolute atomic E-state index is 0.0456. The van der Waals surface area contributed by atoms with Gasteiger partial charge in [0.05, 0.1) is 0 Å². The van der Waals surface area contributed by atoms with Crippen molar-refractivity contribution in [3.8, 4) is 0 Å². The van der Waals surface area contributed by atoms with E-state index < -0.39 is 0 Å². The van der Waals surface area contributed by atoms with Crippen molar-refractivity contribution in [3.05, 3.63) is 62.2 Å². The van der Waals surface area contributed by atoms with Crippen LogP contribution >= 0.6 is 0 Å². The van der Waals surface area contributed by atoms with Gasteiger partial charge < -0.3 is 15.6 Å². The quantitative estimate of drug-likeness (QED) is 0.633. The number of nitrogen functional groups attached to an aromatic ring is 1. The van der Waals surface area contributed by atoms with Gasteiger partial charge in [-0.05, 0) is 19.1 Å². The highest BCUT2D eigenvalue weighted by molar-refractivity contribution is 5.79. The monoisotopic (exact) mass is 366 g/mol. The molecule has 1 saturated heterocycles. The third-order valence-electron chi connectivity index (χ3n) is 4.88. The molecule has 0 bridgehead atoms. The number of hydrogen-bond donors (Lipinski definition) is 3. The molecule has 2 aromatic heterocycles. The molecular weight excluding hydrogens is 344 g/mol. The van der Waals surface area contributed by atoms with E-state index in [1.165, 1.54) is 6.07 Å². The van der Waals surface area contributed by atoms with Crippen molar-refractivity contribution in [2.24, 2.45) is 0 Å². The summed E-state index contributed by atoms with van der Waals surface area (Å²) in [5.41, 5.74) is 8.27. The lowest BCUT2D eigenvalue weighted by Gasteiger charge is -2.35. The molecule has 0 radical (unpaired) electrons. The molecule has 8 heteroatoms. The van der Waals surface area contributed by atoms with Crippen LogP contribution in [0.5, 0.6) is 0 Å². The minimum atomic E-state index is -0.246. The van der Waals surface area contributed by atoms with E-state index in [4.69, 9.17) is 5.73 Å². The molecule has 1 aliphatic heterocycles. The number of fused-ring (bicyclic) bond motifs is 1. The SMILES string of the molecule is Cc1ccc2[nH]c(CN3CCN(c4cc(=O)[nH]c(N)n4)CC3)cc(=O)c2c1. The number of pyridine rings is 1. The number of aromatic amines is 2. The van der Waals surface area contributed by atoms with Crippen LogP contribution in [0.15, 0.2) is 39.9 Å². The van der Waals surface area contributed by atoms with Crippen molar-refractivity contribution in [3.63, 3.8) is 0 Å². The van der Waals surface area contributed by atoms with Crippen LogP contribution in [-0.4, -0.2) is 46.0 Å².